The first-order chi connectivity index (χ1) is 17.1. The van der Waals surface area contributed by atoms with Crippen molar-refractivity contribution in [2.45, 2.75) is 58.7 Å². The predicted molar refractivity (Wildman–Crippen MR) is 147 cm³/mol. The normalized spacial score (nSPS) is 13.3. The van der Waals surface area contributed by atoms with Crippen LogP contribution in [0.1, 0.15) is 45.2 Å². The second-order valence-corrected chi connectivity index (χ2v) is 11.5. The summed E-state index contributed by atoms with van der Waals surface area (Å²) in [7, 11) is 2.13. The average Bonchev–Trinajstić information content (AvgIpc) is 3.58. The molecular weight excluding hydrogens is 470 g/mol. The summed E-state index contributed by atoms with van der Waals surface area (Å²) in [4.78, 5) is 11.0. The van der Waals surface area contributed by atoms with E-state index in [1.165, 1.54) is 17.5 Å². The van der Waals surface area contributed by atoms with Crippen molar-refractivity contribution in [2.75, 3.05) is 7.05 Å². The van der Waals surface area contributed by atoms with Crippen LogP contribution in [-0.2, 0) is 13.0 Å². The lowest BCUT2D eigenvalue weighted by Crippen LogP contribution is -2.29. The Kier molecular flexibility index (Phi) is 6.36. The minimum absolute atomic E-state index is 0.287. The van der Waals surface area contributed by atoms with Crippen LogP contribution in [0.5, 0.6) is 0 Å². The van der Waals surface area contributed by atoms with Gasteiger partial charge in [0.2, 0.25) is 0 Å². The van der Waals surface area contributed by atoms with Gasteiger partial charge >= 0.3 is 0 Å². The van der Waals surface area contributed by atoms with Gasteiger partial charge in [-0.2, -0.15) is 5.10 Å². The van der Waals surface area contributed by atoms with Gasteiger partial charge in [0, 0.05) is 23.5 Å². The molecule has 7 nitrogen and oxygen atoms in total. The van der Waals surface area contributed by atoms with Gasteiger partial charge in [0.15, 0.2) is 12.2 Å². The van der Waals surface area contributed by atoms with Crippen LogP contribution in [-0.4, -0.2) is 48.9 Å². The maximum Gasteiger partial charge on any atom is 0.181 e. The molecule has 8 heteroatoms. The zero-order valence-electron chi connectivity index (χ0n) is 21.5. The number of likely N-dealkylation sites (N-methyl/N-ethyl adjacent to an activating group) is 1. The topological polar surface area (TPSA) is 94.0 Å². The van der Waals surface area contributed by atoms with Crippen molar-refractivity contribution in [3.63, 3.8) is 0 Å². The van der Waals surface area contributed by atoms with Crippen molar-refractivity contribution < 1.29 is 9.52 Å². The Labute approximate surface area is 214 Å². The summed E-state index contributed by atoms with van der Waals surface area (Å²) in [5.74, 6) is 0.749. The van der Waals surface area contributed by atoms with E-state index in [1.54, 1.807) is 17.5 Å². The number of nitrogens with zero attached hydrogens (tertiary/aromatic N) is 3. The quantitative estimate of drug-likeness (QED) is 0.199. The van der Waals surface area contributed by atoms with Crippen LogP contribution in [0.4, 0.5) is 0 Å². The number of oxazole rings is 1. The van der Waals surface area contributed by atoms with Gasteiger partial charge in [-0.05, 0) is 76.9 Å². The highest BCUT2D eigenvalue weighted by Gasteiger charge is 2.20. The first-order valence-corrected chi connectivity index (χ1v) is 13.0. The number of aromatic nitrogens is 4. The molecule has 0 radical (unpaired) electrons. The number of aryl methyl sites for hydroxylation is 1. The lowest BCUT2D eigenvalue weighted by atomic mass is 9.95. The van der Waals surface area contributed by atoms with Gasteiger partial charge in [-0.3, -0.25) is 10.00 Å². The molecule has 0 aliphatic carbocycles. The molecule has 1 atom stereocenters. The molecule has 0 saturated carbocycles. The van der Waals surface area contributed by atoms with Crippen LogP contribution in [0, 0.1) is 0 Å². The number of fused-ring (bicyclic) bond motifs is 2. The number of aliphatic hydroxyl groups is 1. The number of hydrogen-bond acceptors (Lipinski definition) is 6. The standard InChI is InChI=1S/C28H33N5O2S/c1-16(2)17(3)33(6)14-18-9-19(7-8-28(4,5)34)20-11-22(30-21(20)10-18)26-27-23(31-32-26)12-25(36-27)24-13-29-15-35-24/h9-13,15,17,30,34H,1,7-8,14H2,2-6H3,(H,31,32). The summed E-state index contributed by atoms with van der Waals surface area (Å²) >= 11 is 1.63. The average molecular weight is 504 g/mol. The van der Waals surface area contributed by atoms with Gasteiger partial charge in [0.1, 0.15) is 5.69 Å². The Morgan fingerprint density at radius 2 is 2.06 bits per heavy atom. The molecule has 36 heavy (non-hydrogen) atoms. The molecule has 0 aliphatic rings. The molecule has 4 heterocycles. The molecular formula is C28H33N5O2S. The molecule has 0 saturated heterocycles. The summed E-state index contributed by atoms with van der Waals surface area (Å²) < 4.78 is 6.56. The van der Waals surface area contributed by atoms with E-state index < -0.39 is 5.60 Å². The first-order valence-electron chi connectivity index (χ1n) is 12.2. The van der Waals surface area contributed by atoms with Gasteiger partial charge in [0.05, 0.1) is 32.6 Å². The molecule has 0 aliphatic heterocycles. The number of H-pyrrole nitrogens is 2. The summed E-state index contributed by atoms with van der Waals surface area (Å²) in [6, 6.07) is 9.02. The third-order valence-corrected chi connectivity index (χ3v) is 8.02. The SMILES string of the molecule is C=C(C)C(C)N(C)Cc1cc(CCC(C)(C)O)c2cc(-c3n[nH]c4cc(-c5cnco5)sc34)[nH]c2c1. The molecule has 0 fully saturated rings. The van der Waals surface area contributed by atoms with Gasteiger partial charge in [-0.15, -0.1) is 11.3 Å². The number of aromatic amines is 2. The molecule has 5 aromatic rings. The molecule has 3 N–H and O–H groups in total. The Morgan fingerprint density at radius 1 is 1.25 bits per heavy atom. The van der Waals surface area contributed by atoms with E-state index in [4.69, 9.17) is 4.42 Å². The van der Waals surface area contributed by atoms with E-state index in [2.05, 4.69) is 70.7 Å². The summed E-state index contributed by atoms with van der Waals surface area (Å²) in [6.45, 7) is 12.9. The van der Waals surface area contributed by atoms with Crippen LogP contribution < -0.4 is 0 Å². The summed E-state index contributed by atoms with van der Waals surface area (Å²) in [6.07, 6.45) is 4.64. The minimum Gasteiger partial charge on any atom is -0.443 e. The summed E-state index contributed by atoms with van der Waals surface area (Å²) in [5.41, 5.74) is 6.77. The van der Waals surface area contributed by atoms with Crippen molar-refractivity contribution in [3.8, 4) is 22.0 Å². The smallest absolute Gasteiger partial charge is 0.181 e. The molecule has 0 spiro atoms. The zero-order chi connectivity index (χ0) is 25.6. The number of thiophene rings is 1. The van der Waals surface area contributed by atoms with Gasteiger partial charge < -0.3 is 14.5 Å². The van der Waals surface area contributed by atoms with E-state index in [0.717, 1.165) is 61.7 Å². The number of rotatable bonds is 9. The maximum absolute atomic E-state index is 10.4. The first kappa shape index (κ1) is 24.5. The van der Waals surface area contributed by atoms with Crippen molar-refractivity contribution in [1.29, 1.82) is 0 Å². The third-order valence-electron chi connectivity index (χ3n) is 6.86. The van der Waals surface area contributed by atoms with Crippen LogP contribution in [0.2, 0.25) is 0 Å². The molecule has 0 bridgehead atoms. The second kappa shape index (κ2) is 9.35. The highest BCUT2D eigenvalue weighted by atomic mass is 32.1. The van der Waals surface area contributed by atoms with Gasteiger partial charge in [-0.25, -0.2) is 4.98 Å². The minimum atomic E-state index is -0.727. The lowest BCUT2D eigenvalue weighted by Gasteiger charge is -2.25. The van der Waals surface area contributed by atoms with Crippen LogP contribution in [0.15, 0.2) is 53.4 Å². The Morgan fingerprint density at radius 3 is 2.75 bits per heavy atom. The Balaban J connectivity index is 1.55. The number of benzene rings is 1. The molecule has 4 aromatic heterocycles. The molecule has 0 amide bonds. The fourth-order valence-corrected chi connectivity index (χ4v) is 5.57. The van der Waals surface area contributed by atoms with Crippen LogP contribution in [0.25, 0.3) is 43.1 Å². The number of nitrogens with one attached hydrogen (secondary N) is 2. The van der Waals surface area contributed by atoms with Gasteiger partial charge in [-0.1, -0.05) is 18.2 Å². The van der Waals surface area contributed by atoms with Crippen molar-refractivity contribution >= 4 is 32.5 Å². The fourth-order valence-electron chi connectivity index (χ4n) is 4.50. The maximum atomic E-state index is 10.4. The molecule has 188 valence electrons. The van der Waals surface area contributed by atoms with Crippen LogP contribution in [0.3, 0.4) is 0 Å². The van der Waals surface area contributed by atoms with Crippen molar-refractivity contribution in [1.82, 2.24) is 25.1 Å². The lowest BCUT2D eigenvalue weighted by molar-refractivity contribution is 0.0715. The van der Waals surface area contributed by atoms with Crippen LogP contribution >= 0.6 is 11.3 Å². The Hall–Kier alpha value is -3.20. The largest absolute Gasteiger partial charge is 0.443 e. The Bertz CT molecular complexity index is 1520. The zero-order valence-corrected chi connectivity index (χ0v) is 22.3. The van der Waals surface area contributed by atoms with Crippen molar-refractivity contribution in [2.24, 2.45) is 0 Å². The fraction of sp³-hybridized carbons (Fsp3) is 0.357. The van der Waals surface area contributed by atoms with E-state index >= 15 is 0 Å². The van der Waals surface area contributed by atoms with Gasteiger partial charge in [0.25, 0.3) is 0 Å². The highest BCUT2D eigenvalue weighted by Crippen LogP contribution is 2.39. The van der Waals surface area contributed by atoms with E-state index in [-0.39, 0.29) is 6.04 Å². The van der Waals surface area contributed by atoms with E-state index in [9.17, 15) is 5.11 Å². The highest BCUT2D eigenvalue weighted by molar-refractivity contribution is 7.22. The summed E-state index contributed by atoms with van der Waals surface area (Å²) in [5, 5.41) is 19.4. The predicted octanol–water partition coefficient (Wildman–Crippen LogP) is 6.53. The monoisotopic (exact) mass is 503 g/mol. The molecule has 1 aromatic carbocycles. The van der Waals surface area contributed by atoms with Crippen molar-refractivity contribution in [3.05, 3.63) is 60.1 Å². The number of hydrogen-bond donors (Lipinski definition) is 3. The van der Waals surface area contributed by atoms with E-state index in [0.29, 0.717) is 6.42 Å². The third kappa shape index (κ3) is 4.89. The molecule has 1 unspecified atom stereocenters. The molecule has 5 rings (SSSR count). The second-order valence-electron chi connectivity index (χ2n) is 10.4. The van der Waals surface area contributed by atoms with E-state index in [1.807, 2.05) is 19.9 Å².